The van der Waals surface area contributed by atoms with Crippen molar-refractivity contribution in [3.63, 3.8) is 0 Å². The van der Waals surface area contributed by atoms with Crippen molar-refractivity contribution in [1.82, 2.24) is 15.1 Å². The fraction of sp³-hybridized carbons (Fsp3) is 0.600. The summed E-state index contributed by atoms with van der Waals surface area (Å²) in [6, 6.07) is 0. The minimum absolute atomic E-state index is 0.114. The number of anilines is 1. The van der Waals surface area contributed by atoms with E-state index in [9.17, 15) is 4.79 Å². The van der Waals surface area contributed by atoms with Crippen LogP contribution in [0.5, 0.6) is 0 Å². The fourth-order valence-corrected chi connectivity index (χ4v) is 1.43. The molecule has 0 aromatic carbocycles. The zero-order valence-corrected chi connectivity index (χ0v) is 10.1. The lowest BCUT2D eigenvalue weighted by atomic mass is 10.1. The first kappa shape index (κ1) is 13.5. The molecule has 0 radical (unpaired) electrons. The molecule has 6 N–H and O–H groups in total. The molecule has 0 atom stereocenters. The topological polar surface area (TPSA) is 119 Å². The van der Waals surface area contributed by atoms with Crippen molar-refractivity contribution in [3.8, 4) is 0 Å². The molecule has 0 fully saturated rings. The second kappa shape index (κ2) is 5.15. The molecule has 1 rings (SSSR count). The van der Waals surface area contributed by atoms with Gasteiger partial charge < -0.3 is 21.9 Å². The standard InChI is InChI=1S/C10H19N5O2/c1-10(2,12)6-15-8(7(11)3-14-15)4-13-5-9(16)17/h3,13H,4-6,11-12H2,1-2H3,(H,16,17). The predicted octanol–water partition coefficient (Wildman–Crippen LogP) is -0.623. The van der Waals surface area contributed by atoms with Crippen LogP contribution in [-0.2, 0) is 17.9 Å². The molecule has 1 aromatic rings. The molecule has 0 saturated carbocycles. The Bertz CT molecular complexity index is 394. The molecule has 17 heavy (non-hydrogen) atoms. The summed E-state index contributed by atoms with van der Waals surface area (Å²) in [4.78, 5) is 10.4. The zero-order valence-electron chi connectivity index (χ0n) is 10.1. The van der Waals surface area contributed by atoms with Gasteiger partial charge in [0.15, 0.2) is 0 Å². The van der Waals surface area contributed by atoms with Crippen molar-refractivity contribution in [3.05, 3.63) is 11.9 Å². The van der Waals surface area contributed by atoms with Crippen LogP contribution in [0.2, 0.25) is 0 Å². The third-order valence-corrected chi connectivity index (χ3v) is 2.11. The molecular formula is C10H19N5O2. The number of aromatic nitrogens is 2. The SMILES string of the molecule is CC(C)(N)Cn1ncc(N)c1CNCC(=O)O. The maximum atomic E-state index is 10.4. The highest BCUT2D eigenvalue weighted by atomic mass is 16.4. The molecule has 7 heteroatoms. The summed E-state index contributed by atoms with van der Waals surface area (Å²) in [5.74, 6) is -0.909. The number of hydrogen-bond donors (Lipinski definition) is 4. The van der Waals surface area contributed by atoms with Gasteiger partial charge >= 0.3 is 5.97 Å². The van der Waals surface area contributed by atoms with Gasteiger partial charge in [0.05, 0.1) is 30.7 Å². The number of carbonyl (C=O) groups is 1. The number of nitrogen functional groups attached to an aromatic ring is 1. The van der Waals surface area contributed by atoms with Gasteiger partial charge in [0.25, 0.3) is 0 Å². The van der Waals surface area contributed by atoms with Crippen molar-refractivity contribution >= 4 is 11.7 Å². The highest BCUT2D eigenvalue weighted by Crippen LogP contribution is 2.13. The number of aliphatic carboxylic acids is 1. The second-order valence-electron chi connectivity index (χ2n) is 4.69. The molecule has 96 valence electrons. The quantitative estimate of drug-likeness (QED) is 0.527. The van der Waals surface area contributed by atoms with E-state index in [0.29, 0.717) is 18.8 Å². The molecule has 0 bridgehead atoms. The summed E-state index contributed by atoms with van der Waals surface area (Å²) >= 11 is 0. The molecule has 0 aliphatic rings. The van der Waals surface area contributed by atoms with Crippen LogP contribution in [0.4, 0.5) is 5.69 Å². The van der Waals surface area contributed by atoms with Gasteiger partial charge in [-0.2, -0.15) is 5.10 Å². The first-order valence-electron chi connectivity index (χ1n) is 5.31. The number of nitrogens with two attached hydrogens (primary N) is 2. The van der Waals surface area contributed by atoms with E-state index in [1.54, 1.807) is 10.9 Å². The number of carboxylic acid groups (broad SMARTS) is 1. The van der Waals surface area contributed by atoms with Crippen molar-refractivity contribution in [2.24, 2.45) is 5.73 Å². The van der Waals surface area contributed by atoms with Crippen molar-refractivity contribution in [2.75, 3.05) is 12.3 Å². The summed E-state index contributed by atoms with van der Waals surface area (Å²) in [5.41, 5.74) is 12.6. The predicted molar refractivity (Wildman–Crippen MR) is 64.2 cm³/mol. The van der Waals surface area contributed by atoms with Crippen molar-refractivity contribution in [2.45, 2.75) is 32.5 Å². The summed E-state index contributed by atoms with van der Waals surface area (Å²) < 4.78 is 1.70. The molecule has 0 aliphatic carbocycles. The van der Waals surface area contributed by atoms with Crippen LogP contribution in [-0.4, -0.2) is 32.9 Å². The number of nitrogens with one attached hydrogen (secondary N) is 1. The highest BCUT2D eigenvalue weighted by Gasteiger charge is 2.16. The number of rotatable bonds is 6. The molecule has 0 spiro atoms. The fourth-order valence-electron chi connectivity index (χ4n) is 1.43. The van der Waals surface area contributed by atoms with Gasteiger partial charge in [-0.05, 0) is 13.8 Å². The van der Waals surface area contributed by atoms with Crippen molar-refractivity contribution < 1.29 is 9.90 Å². The summed E-state index contributed by atoms with van der Waals surface area (Å²) in [6.45, 7) is 4.54. The Hall–Kier alpha value is -1.60. The first-order valence-corrected chi connectivity index (χ1v) is 5.31. The van der Waals surface area contributed by atoms with Gasteiger partial charge in [-0.15, -0.1) is 0 Å². The van der Waals surface area contributed by atoms with Crippen LogP contribution in [0.1, 0.15) is 19.5 Å². The molecule has 0 unspecified atom stereocenters. The van der Waals surface area contributed by atoms with Gasteiger partial charge in [-0.25, -0.2) is 0 Å². The van der Waals surface area contributed by atoms with E-state index in [4.69, 9.17) is 16.6 Å². The number of carboxylic acids is 1. The van der Waals surface area contributed by atoms with E-state index in [-0.39, 0.29) is 6.54 Å². The lowest BCUT2D eigenvalue weighted by molar-refractivity contribution is -0.136. The Morgan fingerprint density at radius 2 is 2.29 bits per heavy atom. The van der Waals surface area contributed by atoms with Crippen LogP contribution in [0, 0.1) is 0 Å². The van der Waals surface area contributed by atoms with Crippen LogP contribution in [0.15, 0.2) is 6.20 Å². The van der Waals surface area contributed by atoms with Gasteiger partial charge in [0.1, 0.15) is 0 Å². The molecule has 1 aromatic heterocycles. The van der Waals surface area contributed by atoms with E-state index in [0.717, 1.165) is 5.69 Å². The van der Waals surface area contributed by atoms with Gasteiger partial charge in [0.2, 0.25) is 0 Å². The summed E-state index contributed by atoms with van der Waals surface area (Å²) in [7, 11) is 0. The smallest absolute Gasteiger partial charge is 0.317 e. The Kier molecular flexibility index (Phi) is 4.08. The number of nitrogens with zero attached hydrogens (tertiary/aromatic N) is 2. The summed E-state index contributed by atoms with van der Waals surface area (Å²) in [6.07, 6.45) is 1.55. The van der Waals surface area contributed by atoms with E-state index >= 15 is 0 Å². The Morgan fingerprint density at radius 3 is 2.82 bits per heavy atom. The van der Waals surface area contributed by atoms with Crippen molar-refractivity contribution in [1.29, 1.82) is 0 Å². The Labute approximate surface area is 99.8 Å². The molecule has 7 nitrogen and oxygen atoms in total. The van der Waals surface area contributed by atoms with Crippen LogP contribution in [0.25, 0.3) is 0 Å². The van der Waals surface area contributed by atoms with Gasteiger partial charge in [-0.1, -0.05) is 0 Å². The Morgan fingerprint density at radius 1 is 1.65 bits per heavy atom. The van der Waals surface area contributed by atoms with E-state index < -0.39 is 11.5 Å². The maximum Gasteiger partial charge on any atom is 0.317 e. The van der Waals surface area contributed by atoms with E-state index in [1.165, 1.54) is 0 Å². The van der Waals surface area contributed by atoms with E-state index in [1.807, 2.05) is 13.8 Å². The highest BCUT2D eigenvalue weighted by molar-refractivity contribution is 5.69. The molecule has 0 aliphatic heterocycles. The van der Waals surface area contributed by atoms with Gasteiger partial charge in [0, 0.05) is 12.1 Å². The van der Waals surface area contributed by atoms with E-state index in [2.05, 4.69) is 10.4 Å². The molecule has 0 amide bonds. The lowest BCUT2D eigenvalue weighted by Gasteiger charge is -2.20. The second-order valence-corrected chi connectivity index (χ2v) is 4.69. The summed E-state index contributed by atoms with van der Waals surface area (Å²) in [5, 5.41) is 15.4. The average molecular weight is 241 g/mol. The lowest BCUT2D eigenvalue weighted by Crippen LogP contribution is -2.38. The monoisotopic (exact) mass is 241 g/mol. The van der Waals surface area contributed by atoms with Crippen LogP contribution >= 0.6 is 0 Å². The number of hydrogen-bond acceptors (Lipinski definition) is 5. The largest absolute Gasteiger partial charge is 0.480 e. The van der Waals surface area contributed by atoms with Crippen LogP contribution in [0.3, 0.4) is 0 Å². The average Bonchev–Trinajstić information content (AvgIpc) is 2.46. The zero-order chi connectivity index (χ0) is 13.1. The van der Waals surface area contributed by atoms with Gasteiger partial charge in [-0.3, -0.25) is 9.48 Å². The van der Waals surface area contributed by atoms with Crippen LogP contribution < -0.4 is 16.8 Å². The maximum absolute atomic E-state index is 10.4. The molecular weight excluding hydrogens is 222 g/mol. The minimum Gasteiger partial charge on any atom is -0.480 e. The molecule has 0 saturated heterocycles. The third-order valence-electron chi connectivity index (χ3n) is 2.11. The first-order chi connectivity index (χ1) is 7.79. The Balaban J connectivity index is 2.69. The normalized spacial score (nSPS) is 11.7. The third kappa shape index (κ3) is 4.41. The molecule has 1 heterocycles. The minimum atomic E-state index is -0.909.